The lowest BCUT2D eigenvalue weighted by Crippen LogP contribution is -2.05. The molecule has 3 rings (SSSR count). The second-order valence-corrected chi connectivity index (χ2v) is 6.17. The molecule has 2 heterocycles. The highest BCUT2D eigenvalue weighted by Gasteiger charge is 2.14. The number of anilines is 1. The normalized spacial score (nSPS) is 19.0. The molecule has 0 bridgehead atoms. The Morgan fingerprint density at radius 1 is 1.44 bits per heavy atom. The molecule has 1 N–H and O–H groups in total. The van der Waals surface area contributed by atoms with Crippen molar-refractivity contribution in [1.29, 1.82) is 0 Å². The van der Waals surface area contributed by atoms with Crippen molar-refractivity contribution in [3.63, 3.8) is 0 Å². The van der Waals surface area contributed by atoms with Crippen LogP contribution in [-0.4, -0.2) is 21.9 Å². The van der Waals surface area contributed by atoms with Gasteiger partial charge in [-0.15, -0.1) is 0 Å². The summed E-state index contributed by atoms with van der Waals surface area (Å²) in [5, 5.41) is 5.47. The lowest BCUT2D eigenvalue weighted by atomic mass is 10.2. The van der Waals surface area contributed by atoms with Crippen LogP contribution in [-0.2, 0) is 0 Å². The van der Waals surface area contributed by atoms with E-state index in [1.54, 1.807) is 11.8 Å². The number of pyridine rings is 1. The predicted molar refractivity (Wildman–Crippen MR) is 82.4 cm³/mol. The number of aromatic nitrogens is 1. The van der Waals surface area contributed by atoms with Crippen LogP contribution >= 0.6 is 27.7 Å². The monoisotopic (exact) mass is 321 g/mol. The Labute approximate surface area is 118 Å². The van der Waals surface area contributed by atoms with E-state index in [1.807, 2.05) is 18.3 Å². The van der Waals surface area contributed by atoms with Gasteiger partial charge in [-0.3, -0.25) is 9.98 Å². The van der Waals surface area contributed by atoms with E-state index in [2.05, 4.69) is 50.3 Å². The number of amidine groups is 1. The van der Waals surface area contributed by atoms with Crippen molar-refractivity contribution in [2.24, 2.45) is 4.99 Å². The summed E-state index contributed by atoms with van der Waals surface area (Å²) in [5.74, 6) is 1.05. The third-order valence-corrected chi connectivity index (χ3v) is 4.28. The molecule has 0 spiro atoms. The minimum Gasteiger partial charge on any atom is -0.333 e. The molecular weight excluding hydrogens is 310 g/mol. The van der Waals surface area contributed by atoms with E-state index in [9.17, 15) is 0 Å². The molecule has 0 saturated heterocycles. The van der Waals surface area contributed by atoms with Gasteiger partial charge in [0, 0.05) is 21.8 Å². The summed E-state index contributed by atoms with van der Waals surface area (Å²) in [6.07, 6.45) is 1.82. The van der Waals surface area contributed by atoms with Crippen molar-refractivity contribution in [2.45, 2.75) is 13.0 Å². The fourth-order valence-corrected chi connectivity index (χ4v) is 3.15. The number of nitrogens with zero attached hydrogens (tertiary/aromatic N) is 2. The molecule has 92 valence electrons. The molecule has 18 heavy (non-hydrogen) atoms. The van der Waals surface area contributed by atoms with Gasteiger partial charge in [0.1, 0.15) is 0 Å². The molecule has 2 aromatic rings. The van der Waals surface area contributed by atoms with Crippen LogP contribution in [0.25, 0.3) is 10.9 Å². The van der Waals surface area contributed by atoms with E-state index >= 15 is 0 Å². The van der Waals surface area contributed by atoms with Gasteiger partial charge in [-0.2, -0.15) is 0 Å². The Morgan fingerprint density at radius 3 is 3.11 bits per heavy atom. The molecular formula is C13H12BrN3S. The second kappa shape index (κ2) is 4.90. The van der Waals surface area contributed by atoms with E-state index in [1.165, 1.54) is 0 Å². The highest BCUT2D eigenvalue weighted by Crippen LogP contribution is 2.26. The molecule has 1 aliphatic heterocycles. The van der Waals surface area contributed by atoms with Crippen molar-refractivity contribution in [1.82, 2.24) is 4.98 Å². The Balaban J connectivity index is 1.99. The molecule has 0 radical (unpaired) electrons. The molecule has 1 aliphatic rings. The fraction of sp³-hybridized carbons (Fsp3) is 0.231. The Morgan fingerprint density at radius 2 is 2.33 bits per heavy atom. The molecule has 0 fully saturated rings. The summed E-state index contributed by atoms with van der Waals surface area (Å²) in [7, 11) is 0. The number of aliphatic imine (C=N–C) groups is 1. The highest BCUT2D eigenvalue weighted by molar-refractivity contribution is 9.10. The molecule has 0 amide bonds. The van der Waals surface area contributed by atoms with E-state index < -0.39 is 0 Å². The number of hydrogen-bond acceptors (Lipinski definition) is 4. The second-order valence-electron chi connectivity index (χ2n) is 4.25. The van der Waals surface area contributed by atoms with Crippen molar-refractivity contribution in [3.05, 3.63) is 34.9 Å². The van der Waals surface area contributed by atoms with Gasteiger partial charge < -0.3 is 5.32 Å². The topological polar surface area (TPSA) is 37.3 Å². The lowest BCUT2D eigenvalue weighted by Gasteiger charge is -2.08. The maximum atomic E-state index is 4.54. The van der Waals surface area contributed by atoms with Gasteiger partial charge in [0.25, 0.3) is 0 Å². The minimum absolute atomic E-state index is 0.398. The van der Waals surface area contributed by atoms with Crippen LogP contribution in [0.5, 0.6) is 0 Å². The Bertz CT molecular complexity index is 627. The molecule has 0 aliphatic carbocycles. The summed E-state index contributed by atoms with van der Waals surface area (Å²) in [6, 6.07) is 8.59. The Kier molecular flexibility index (Phi) is 3.26. The van der Waals surface area contributed by atoms with E-state index in [0.29, 0.717) is 6.04 Å². The summed E-state index contributed by atoms with van der Waals surface area (Å²) in [4.78, 5) is 9.01. The number of fused-ring (bicyclic) bond motifs is 1. The molecule has 1 aromatic carbocycles. The van der Waals surface area contributed by atoms with Gasteiger partial charge in [0.15, 0.2) is 5.17 Å². The largest absolute Gasteiger partial charge is 0.333 e. The number of hydrogen-bond donors (Lipinski definition) is 1. The third-order valence-electron chi connectivity index (χ3n) is 2.72. The van der Waals surface area contributed by atoms with Crippen LogP contribution in [0.2, 0.25) is 0 Å². The first-order chi connectivity index (χ1) is 8.72. The number of rotatable bonds is 1. The fourth-order valence-electron chi connectivity index (χ4n) is 1.89. The van der Waals surface area contributed by atoms with Gasteiger partial charge in [0.2, 0.25) is 0 Å². The van der Waals surface area contributed by atoms with Crippen LogP contribution in [0.15, 0.2) is 39.9 Å². The summed E-state index contributed by atoms with van der Waals surface area (Å²) in [6.45, 7) is 2.13. The van der Waals surface area contributed by atoms with Crippen LogP contribution in [0.4, 0.5) is 5.69 Å². The molecule has 0 saturated carbocycles. The average molecular weight is 322 g/mol. The lowest BCUT2D eigenvalue weighted by molar-refractivity contribution is 0.865. The van der Waals surface area contributed by atoms with Crippen LogP contribution < -0.4 is 5.32 Å². The maximum Gasteiger partial charge on any atom is 0.161 e. The molecule has 1 atom stereocenters. The highest BCUT2D eigenvalue weighted by atomic mass is 79.9. The summed E-state index contributed by atoms with van der Waals surface area (Å²) < 4.78 is 0.994. The van der Waals surface area contributed by atoms with E-state index in [4.69, 9.17) is 0 Å². The van der Waals surface area contributed by atoms with Crippen LogP contribution in [0.1, 0.15) is 6.92 Å². The van der Waals surface area contributed by atoms with Gasteiger partial charge in [0.05, 0.1) is 17.2 Å². The Hall–Kier alpha value is -1.07. The quantitative estimate of drug-likeness (QED) is 0.865. The molecule has 1 unspecified atom stereocenters. The minimum atomic E-state index is 0.398. The third kappa shape index (κ3) is 2.37. The SMILES string of the molecule is CC1CSC(Nc2cccc3cc(Br)cnc23)=N1. The van der Waals surface area contributed by atoms with Gasteiger partial charge in [-0.05, 0) is 35.0 Å². The standard InChI is InChI=1S/C13H12BrN3S/c1-8-7-18-13(16-8)17-11-4-2-3-9-5-10(14)6-15-12(9)11/h2-6,8H,7H2,1H3,(H,16,17). The molecule has 1 aromatic heterocycles. The zero-order valence-corrected chi connectivity index (χ0v) is 12.3. The van der Waals surface area contributed by atoms with Crippen LogP contribution in [0, 0.1) is 0 Å². The number of thioether (sulfide) groups is 1. The predicted octanol–water partition coefficient (Wildman–Crippen LogP) is 3.90. The van der Waals surface area contributed by atoms with Crippen molar-refractivity contribution >= 4 is 49.4 Å². The van der Waals surface area contributed by atoms with E-state index in [0.717, 1.165) is 32.0 Å². The first kappa shape index (κ1) is 12.0. The molecule has 3 nitrogen and oxygen atoms in total. The smallest absolute Gasteiger partial charge is 0.161 e. The zero-order valence-electron chi connectivity index (χ0n) is 9.85. The number of halogens is 1. The van der Waals surface area contributed by atoms with Crippen LogP contribution in [0.3, 0.4) is 0 Å². The number of benzene rings is 1. The van der Waals surface area contributed by atoms with Crippen molar-refractivity contribution in [2.75, 3.05) is 11.1 Å². The average Bonchev–Trinajstić information content (AvgIpc) is 2.75. The summed E-state index contributed by atoms with van der Waals surface area (Å²) in [5.41, 5.74) is 1.99. The number of para-hydroxylation sites is 1. The molecule has 5 heteroatoms. The summed E-state index contributed by atoms with van der Waals surface area (Å²) >= 11 is 5.20. The van der Waals surface area contributed by atoms with Crippen molar-refractivity contribution < 1.29 is 0 Å². The van der Waals surface area contributed by atoms with Gasteiger partial charge in [-0.25, -0.2) is 0 Å². The first-order valence-corrected chi connectivity index (χ1v) is 7.52. The zero-order chi connectivity index (χ0) is 12.5. The van der Waals surface area contributed by atoms with Gasteiger partial charge >= 0.3 is 0 Å². The first-order valence-electron chi connectivity index (χ1n) is 5.74. The van der Waals surface area contributed by atoms with E-state index in [-0.39, 0.29) is 0 Å². The van der Waals surface area contributed by atoms with Gasteiger partial charge in [-0.1, -0.05) is 23.9 Å². The number of nitrogens with one attached hydrogen (secondary N) is 1. The maximum absolute atomic E-state index is 4.54. The van der Waals surface area contributed by atoms with Crippen molar-refractivity contribution in [3.8, 4) is 0 Å².